The minimum atomic E-state index is -1.21. The molecule has 0 unspecified atom stereocenters. The number of hydrogen-bond acceptors (Lipinski definition) is 6. The monoisotopic (exact) mass is 258 g/mol. The van der Waals surface area contributed by atoms with Gasteiger partial charge in [0.25, 0.3) is 0 Å². The topological polar surface area (TPSA) is 89.9 Å². The lowest BCUT2D eigenvalue weighted by atomic mass is 9.85. The average Bonchev–Trinajstić information content (AvgIpc) is 2.32. The Balaban J connectivity index is 4.32. The zero-order valence-corrected chi connectivity index (χ0v) is 10.9. The first kappa shape index (κ1) is 16.3. The number of aliphatic hydroxyl groups excluding tert-OH is 1. The third-order valence-corrected chi connectivity index (χ3v) is 2.27. The van der Waals surface area contributed by atoms with E-state index >= 15 is 0 Å². The van der Waals surface area contributed by atoms with Crippen LogP contribution in [0, 0.1) is 5.41 Å². The molecule has 1 N–H and O–H groups in total. The molecule has 0 fully saturated rings. The Hall–Kier alpha value is -1.69. The summed E-state index contributed by atoms with van der Waals surface area (Å²) in [7, 11) is 1.18. The Morgan fingerprint density at radius 3 is 2.17 bits per heavy atom. The number of aliphatic hydroxyl groups is 1. The zero-order valence-electron chi connectivity index (χ0n) is 10.9. The molecule has 0 aliphatic heterocycles. The number of hydrogen-bond donors (Lipinski definition) is 1. The van der Waals surface area contributed by atoms with Crippen molar-refractivity contribution in [1.82, 2.24) is 0 Å². The fraction of sp³-hybridized carbons (Fsp3) is 0.583. The summed E-state index contributed by atoms with van der Waals surface area (Å²) in [6.45, 7) is 4.30. The van der Waals surface area contributed by atoms with E-state index in [0.717, 1.165) is 12.2 Å². The lowest BCUT2D eigenvalue weighted by Crippen LogP contribution is -2.39. The number of rotatable bonds is 6. The maximum absolute atomic E-state index is 11.2. The van der Waals surface area contributed by atoms with Crippen molar-refractivity contribution in [3.05, 3.63) is 12.2 Å². The number of esters is 2. The number of Topliss-reactive ketones (excluding diaryl/α,β-unsaturated/α-hetero) is 1. The van der Waals surface area contributed by atoms with E-state index in [-0.39, 0.29) is 6.61 Å². The smallest absolute Gasteiger partial charge is 0.331 e. The molecule has 6 heteroatoms. The summed E-state index contributed by atoms with van der Waals surface area (Å²) < 4.78 is 9.12. The Labute approximate surface area is 106 Å². The van der Waals surface area contributed by atoms with Gasteiger partial charge in [-0.05, 0) is 6.92 Å². The summed E-state index contributed by atoms with van der Waals surface area (Å²) >= 11 is 0. The summed E-state index contributed by atoms with van der Waals surface area (Å²) in [4.78, 5) is 33.0. The van der Waals surface area contributed by atoms with Crippen LogP contribution in [0.4, 0.5) is 0 Å². The Morgan fingerprint density at radius 1 is 1.22 bits per heavy atom. The predicted molar refractivity (Wildman–Crippen MR) is 62.6 cm³/mol. The lowest BCUT2D eigenvalue weighted by molar-refractivity contribution is -0.147. The molecule has 0 aromatic carbocycles. The molecular weight excluding hydrogens is 240 g/mol. The fourth-order valence-corrected chi connectivity index (χ4v) is 1.14. The van der Waals surface area contributed by atoms with E-state index < -0.39 is 29.2 Å². The summed E-state index contributed by atoms with van der Waals surface area (Å²) in [6.07, 6.45) is 0.633. The van der Waals surface area contributed by atoms with Gasteiger partial charge in [0, 0.05) is 17.6 Å². The van der Waals surface area contributed by atoms with Gasteiger partial charge in [-0.15, -0.1) is 0 Å². The largest absolute Gasteiger partial charge is 0.466 e. The van der Waals surface area contributed by atoms with Crippen LogP contribution in [0.1, 0.15) is 20.8 Å². The van der Waals surface area contributed by atoms with Crippen molar-refractivity contribution in [2.24, 2.45) is 5.41 Å². The first-order valence-corrected chi connectivity index (χ1v) is 5.32. The van der Waals surface area contributed by atoms with Crippen LogP contribution in [-0.2, 0) is 23.9 Å². The molecule has 0 saturated heterocycles. The van der Waals surface area contributed by atoms with Gasteiger partial charge in [-0.1, -0.05) is 13.8 Å². The summed E-state index contributed by atoms with van der Waals surface area (Å²) in [5, 5.41) is 9.59. The first-order chi connectivity index (χ1) is 8.20. The van der Waals surface area contributed by atoms with Crippen molar-refractivity contribution in [2.75, 3.05) is 13.7 Å². The molecular formula is C12H18O6. The SMILES string of the molecule is COC(=O)/C=C/C(=O)OCC(C)(C)[C@@H](O)C(C)=O. The number of methoxy groups -OCH3 is 1. The molecule has 0 rings (SSSR count). The van der Waals surface area contributed by atoms with Crippen LogP contribution in [-0.4, -0.2) is 42.6 Å². The zero-order chi connectivity index (χ0) is 14.3. The highest BCUT2D eigenvalue weighted by Crippen LogP contribution is 2.21. The molecule has 0 amide bonds. The van der Waals surface area contributed by atoms with E-state index in [1.165, 1.54) is 14.0 Å². The highest BCUT2D eigenvalue weighted by atomic mass is 16.5. The van der Waals surface area contributed by atoms with Crippen LogP contribution < -0.4 is 0 Å². The molecule has 1 atom stereocenters. The van der Waals surface area contributed by atoms with Crippen LogP contribution in [0.15, 0.2) is 12.2 Å². The number of carbonyl (C=O) groups is 3. The Bertz CT molecular complexity index is 356. The van der Waals surface area contributed by atoms with Crippen LogP contribution in [0.25, 0.3) is 0 Å². The normalized spacial score (nSPS) is 13.2. The molecule has 6 nitrogen and oxygen atoms in total. The molecule has 0 aliphatic carbocycles. The van der Waals surface area contributed by atoms with Crippen LogP contribution in [0.5, 0.6) is 0 Å². The van der Waals surface area contributed by atoms with Gasteiger partial charge < -0.3 is 14.6 Å². The molecule has 0 heterocycles. The maximum atomic E-state index is 11.2. The lowest BCUT2D eigenvalue weighted by Gasteiger charge is -2.27. The van der Waals surface area contributed by atoms with Crippen LogP contribution in [0.3, 0.4) is 0 Å². The van der Waals surface area contributed by atoms with E-state index in [0.29, 0.717) is 0 Å². The highest BCUT2D eigenvalue weighted by Gasteiger charge is 2.32. The second-order valence-corrected chi connectivity index (χ2v) is 4.47. The van der Waals surface area contributed by atoms with Gasteiger partial charge in [0.05, 0.1) is 13.7 Å². The van der Waals surface area contributed by atoms with Crippen molar-refractivity contribution < 1.29 is 29.0 Å². The molecule has 0 aromatic rings. The second-order valence-electron chi connectivity index (χ2n) is 4.47. The quantitative estimate of drug-likeness (QED) is 0.542. The van der Waals surface area contributed by atoms with Crippen molar-refractivity contribution in [2.45, 2.75) is 26.9 Å². The van der Waals surface area contributed by atoms with Gasteiger partial charge in [-0.2, -0.15) is 0 Å². The second kappa shape index (κ2) is 6.90. The maximum Gasteiger partial charge on any atom is 0.331 e. The van der Waals surface area contributed by atoms with Crippen LogP contribution in [0.2, 0.25) is 0 Å². The fourth-order valence-electron chi connectivity index (χ4n) is 1.14. The molecule has 18 heavy (non-hydrogen) atoms. The minimum Gasteiger partial charge on any atom is -0.466 e. The van der Waals surface area contributed by atoms with Crippen LogP contribution >= 0.6 is 0 Å². The summed E-state index contributed by atoms with van der Waals surface area (Å²) in [5.74, 6) is -1.82. The number of ketones is 1. The Kier molecular flexibility index (Phi) is 6.26. The summed E-state index contributed by atoms with van der Waals surface area (Å²) in [6, 6.07) is 0. The van der Waals surface area contributed by atoms with E-state index in [1.54, 1.807) is 13.8 Å². The third-order valence-electron chi connectivity index (χ3n) is 2.27. The molecule has 102 valence electrons. The van der Waals surface area contributed by atoms with E-state index in [1.807, 2.05) is 0 Å². The molecule has 0 radical (unpaired) electrons. The molecule has 0 saturated carbocycles. The average molecular weight is 258 g/mol. The van der Waals surface area contributed by atoms with Crippen molar-refractivity contribution in [1.29, 1.82) is 0 Å². The van der Waals surface area contributed by atoms with Gasteiger partial charge in [-0.3, -0.25) is 4.79 Å². The minimum absolute atomic E-state index is 0.141. The molecule has 0 spiro atoms. The molecule has 0 aromatic heterocycles. The van der Waals surface area contributed by atoms with Crippen molar-refractivity contribution in [3.8, 4) is 0 Å². The summed E-state index contributed by atoms with van der Waals surface area (Å²) in [5.41, 5.74) is -0.888. The highest BCUT2D eigenvalue weighted by molar-refractivity contribution is 5.91. The third kappa shape index (κ3) is 5.58. The van der Waals surface area contributed by atoms with Crippen molar-refractivity contribution >= 4 is 17.7 Å². The van der Waals surface area contributed by atoms with Gasteiger partial charge in [-0.25, -0.2) is 9.59 Å². The number of ether oxygens (including phenoxy) is 2. The van der Waals surface area contributed by atoms with Gasteiger partial charge >= 0.3 is 11.9 Å². The predicted octanol–water partition coefficient (Wildman–Crippen LogP) is 0.235. The Morgan fingerprint density at radius 2 is 1.72 bits per heavy atom. The van der Waals surface area contributed by atoms with E-state index in [4.69, 9.17) is 4.74 Å². The van der Waals surface area contributed by atoms with E-state index in [2.05, 4.69) is 4.74 Å². The number of carbonyl (C=O) groups excluding carboxylic acids is 3. The van der Waals surface area contributed by atoms with Gasteiger partial charge in [0.1, 0.15) is 6.10 Å². The van der Waals surface area contributed by atoms with Gasteiger partial charge in [0.15, 0.2) is 5.78 Å². The molecule has 0 aliphatic rings. The standard InChI is InChI=1S/C12H18O6/c1-8(13)11(16)12(2,3)7-18-10(15)6-5-9(14)17-4/h5-6,11,16H,7H2,1-4H3/b6-5+/t11-/m0/s1. The van der Waals surface area contributed by atoms with E-state index in [9.17, 15) is 19.5 Å². The first-order valence-electron chi connectivity index (χ1n) is 5.32. The van der Waals surface area contributed by atoms with Gasteiger partial charge in [0.2, 0.25) is 0 Å². The molecule has 0 bridgehead atoms. The van der Waals surface area contributed by atoms with Crippen molar-refractivity contribution in [3.63, 3.8) is 0 Å².